The molecule has 36 heavy (non-hydrogen) atoms. The molecular weight excluding hydrogens is 456 g/mol. The number of aromatic amines is 1. The second kappa shape index (κ2) is 8.55. The lowest BCUT2D eigenvalue weighted by Gasteiger charge is -2.05. The number of nitrogens with zero attached hydrogens (tertiary/aromatic N) is 7. The van der Waals surface area contributed by atoms with Gasteiger partial charge in [0.2, 0.25) is 5.91 Å². The van der Waals surface area contributed by atoms with Crippen LogP contribution in [0.15, 0.2) is 67.5 Å². The maximum Gasteiger partial charge on any atom is 0.225 e. The summed E-state index contributed by atoms with van der Waals surface area (Å²) in [6.07, 6.45) is 10.7. The molecule has 6 aromatic heterocycles. The molecule has 0 unspecified atom stereocenters. The Bertz CT molecular complexity index is 1720. The van der Waals surface area contributed by atoms with Gasteiger partial charge in [-0.15, -0.1) is 0 Å². The molecule has 0 spiro atoms. The second-order valence-corrected chi connectivity index (χ2v) is 8.13. The van der Waals surface area contributed by atoms with E-state index in [1.165, 1.54) is 4.68 Å². The minimum absolute atomic E-state index is 0.0899. The van der Waals surface area contributed by atoms with Crippen molar-refractivity contribution in [3.05, 3.63) is 67.5 Å². The summed E-state index contributed by atoms with van der Waals surface area (Å²) in [5.74, 6) is 7.35. The first-order valence-electron chi connectivity index (χ1n) is 11.2. The van der Waals surface area contributed by atoms with Gasteiger partial charge in [-0.3, -0.25) is 19.9 Å². The Labute approximate surface area is 204 Å². The number of pyridine rings is 4. The molecule has 0 fully saturated rings. The molecule has 0 aromatic carbocycles. The number of carbonyl (C=O) groups excluding carboxylic acids is 1. The molecule has 6 heterocycles. The van der Waals surface area contributed by atoms with Crippen molar-refractivity contribution >= 4 is 33.8 Å². The minimum atomic E-state index is -0.0899. The van der Waals surface area contributed by atoms with Gasteiger partial charge < -0.3 is 11.2 Å². The normalized spacial score (nSPS) is 11.2. The van der Waals surface area contributed by atoms with Gasteiger partial charge in [-0.05, 0) is 24.3 Å². The molecule has 4 N–H and O–H groups in total. The van der Waals surface area contributed by atoms with Crippen molar-refractivity contribution in [2.45, 2.75) is 13.3 Å². The monoisotopic (exact) mass is 476 g/mol. The molecule has 0 radical (unpaired) electrons. The predicted octanol–water partition coefficient (Wildman–Crippen LogP) is 3.56. The largest absolute Gasteiger partial charge is 0.337 e. The fourth-order valence-corrected chi connectivity index (χ4v) is 4.01. The number of nitrogens with one attached hydrogen (secondary N) is 2. The number of nitrogen functional groups attached to an aromatic ring is 1. The summed E-state index contributed by atoms with van der Waals surface area (Å²) in [4.78, 5) is 33.9. The minimum Gasteiger partial charge on any atom is -0.337 e. The zero-order chi connectivity index (χ0) is 24.6. The number of hydrogen-bond donors (Lipinski definition) is 3. The number of fused-ring (bicyclic) bond motifs is 2. The van der Waals surface area contributed by atoms with Gasteiger partial charge in [0.25, 0.3) is 0 Å². The highest BCUT2D eigenvalue weighted by Gasteiger charge is 2.20. The predicted molar refractivity (Wildman–Crippen MR) is 136 cm³/mol. The van der Waals surface area contributed by atoms with E-state index < -0.39 is 0 Å². The Kier molecular flexibility index (Phi) is 5.07. The Morgan fingerprint density at radius 2 is 1.92 bits per heavy atom. The summed E-state index contributed by atoms with van der Waals surface area (Å²) in [6, 6.07) is 9.41. The zero-order valence-electron chi connectivity index (χ0n) is 19.2. The number of nitrogens with two attached hydrogens (primary N) is 1. The van der Waals surface area contributed by atoms with Crippen LogP contribution in [0.2, 0.25) is 0 Å². The van der Waals surface area contributed by atoms with Gasteiger partial charge in [-0.1, -0.05) is 13.0 Å². The highest BCUT2D eigenvalue weighted by atomic mass is 16.1. The van der Waals surface area contributed by atoms with Crippen LogP contribution in [0.3, 0.4) is 0 Å². The van der Waals surface area contributed by atoms with E-state index in [9.17, 15) is 4.79 Å². The van der Waals surface area contributed by atoms with E-state index in [1.807, 2.05) is 24.3 Å². The lowest BCUT2D eigenvalue weighted by Crippen LogP contribution is -2.10. The van der Waals surface area contributed by atoms with Gasteiger partial charge in [0, 0.05) is 59.7 Å². The number of H-pyrrole nitrogens is 1. The Morgan fingerprint density at radius 1 is 1.03 bits per heavy atom. The molecule has 0 aliphatic heterocycles. The van der Waals surface area contributed by atoms with E-state index in [0.717, 1.165) is 27.6 Å². The van der Waals surface area contributed by atoms with Gasteiger partial charge in [-0.2, -0.15) is 5.10 Å². The van der Waals surface area contributed by atoms with Crippen LogP contribution in [0.4, 0.5) is 5.82 Å². The lowest BCUT2D eigenvalue weighted by atomic mass is 10.1. The third kappa shape index (κ3) is 3.59. The Morgan fingerprint density at radius 3 is 2.69 bits per heavy atom. The maximum absolute atomic E-state index is 11.6. The zero-order valence-corrected chi connectivity index (χ0v) is 19.2. The topological polar surface area (TPSA) is 153 Å². The van der Waals surface area contributed by atoms with E-state index in [-0.39, 0.29) is 5.91 Å². The Hall–Kier alpha value is -5.19. The summed E-state index contributed by atoms with van der Waals surface area (Å²) in [5.41, 5.74) is 5.93. The average Bonchev–Trinajstić information content (AvgIpc) is 3.49. The van der Waals surface area contributed by atoms with Gasteiger partial charge in [0.15, 0.2) is 11.5 Å². The van der Waals surface area contributed by atoms with Gasteiger partial charge >= 0.3 is 0 Å². The first-order valence-corrected chi connectivity index (χ1v) is 11.2. The molecule has 0 aliphatic rings. The molecule has 1 amide bonds. The molecule has 0 atom stereocenters. The van der Waals surface area contributed by atoms with Crippen LogP contribution in [-0.2, 0) is 4.79 Å². The van der Waals surface area contributed by atoms with Crippen LogP contribution >= 0.6 is 0 Å². The third-order valence-corrected chi connectivity index (χ3v) is 5.89. The second-order valence-electron chi connectivity index (χ2n) is 8.13. The molecule has 0 saturated carbocycles. The fourth-order valence-electron chi connectivity index (χ4n) is 4.01. The number of imidazole rings is 1. The van der Waals surface area contributed by atoms with Crippen LogP contribution in [0.25, 0.3) is 55.8 Å². The summed E-state index contributed by atoms with van der Waals surface area (Å²) in [7, 11) is 0. The van der Waals surface area contributed by atoms with Crippen molar-refractivity contribution in [3.63, 3.8) is 0 Å². The van der Waals surface area contributed by atoms with E-state index in [1.54, 1.807) is 50.2 Å². The van der Waals surface area contributed by atoms with E-state index >= 15 is 0 Å². The molecule has 6 aromatic rings. The number of hydrogen-bond acceptors (Lipinski definition) is 8. The van der Waals surface area contributed by atoms with Crippen molar-refractivity contribution in [2.75, 3.05) is 11.2 Å². The van der Waals surface area contributed by atoms with Gasteiger partial charge in [0.05, 0.1) is 11.6 Å². The van der Waals surface area contributed by atoms with Crippen molar-refractivity contribution in [1.82, 2.24) is 39.8 Å². The summed E-state index contributed by atoms with van der Waals surface area (Å²) in [5, 5.41) is 10.9. The number of aromatic nitrogens is 8. The van der Waals surface area contributed by atoms with E-state index in [2.05, 4.69) is 35.5 Å². The maximum atomic E-state index is 11.6. The summed E-state index contributed by atoms with van der Waals surface area (Å²) >= 11 is 0. The van der Waals surface area contributed by atoms with Crippen molar-refractivity contribution in [1.29, 1.82) is 0 Å². The molecular formula is C25H20N10O. The Balaban J connectivity index is 1.43. The van der Waals surface area contributed by atoms with Crippen molar-refractivity contribution in [2.24, 2.45) is 0 Å². The van der Waals surface area contributed by atoms with Crippen LogP contribution in [-0.4, -0.2) is 45.7 Å². The number of carbonyl (C=O) groups is 1. The highest BCUT2D eigenvalue weighted by Crippen LogP contribution is 2.32. The molecule has 11 nitrogen and oxygen atoms in total. The van der Waals surface area contributed by atoms with Crippen molar-refractivity contribution < 1.29 is 4.79 Å². The molecule has 0 aliphatic carbocycles. The standard InChI is InChI=1S/C25H20N10O/c1-2-21(36)31-20-6-5-14(10-29-20)16-8-17-23(33-34-24(17)30-11-16)25-32-22-18(15-4-3-7-27-9-15)12-28-13-19(22)35(25)26/h3-13H,2,26H2,1H3,(H,29,31,36)(H,30,33,34). The molecule has 0 saturated heterocycles. The van der Waals surface area contributed by atoms with Crippen molar-refractivity contribution in [3.8, 4) is 33.8 Å². The van der Waals surface area contributed by atoms with E-state index in [0.29, 0.717) is 40.4 Å². The molecule has 11 heteroatoms. The van der Waals surface area contributed by atoms with E-state index in [4.69, 9.17) is 10.8 Å². The number of rotatable bonds is 5. The SMILES string of the molecule is CCC(=O)Nc1ccc(-c2cnc3[nH]nc(-c4nc5c(-c6cccnc6)cncc5n4N)c3c2)cn1. The summed E-state index contributed by atoms with van der Waals surface area (Å²) in [6.45, 7) is 1.79. The molecule has 6 rings (SSSR count). The van der Waals surface area contributed by atoms with Crippen LogP contribution in [0.5, 0.6) is 0 Å². The quantitative estimate of drug-likeness (QED) is 0.319. The first-order chi connectivity index (χ1) is 17.6. The number of amides is 1. The van der Waals surface area contributed by atoms with Gasteiger partial charge in [0.1, 0.15) is 22.5 Å². The fraction of sp³-hybridized carbons (Fsp3) is 0.0800. The average molecular weight is 477 g/mol. The summed E-state index contributed by atoms with van der Waals surface area (Å²) < 4.78 is 1.48. The highest BCUT2D eigenvalue weighted by molar-refractivity contribution is 5.97. The van der Waals surface area contributed by atoms with Crippen LogP contribution < -0.4 is 11.2 Å². The molecule has 176 valence electrons. The third-order valence-electron chi connectivity index (χ3n) is 5.89. The number of anilines is 1. The van der Waals surface area contributed by atoms with Crippen LogP contribution in [0.1, 0.15) is 13.3 Å². The first kappa shape index (κ1) is 21.4. The smallest absolute Gasteiger partial charge is 0.225 e. The molecule has 0 bridgehead atoms. The van der Waals surface area contributed by atoms with Gasteiger partial charge in [-0.25, -0.2) is 19.6 Å². The van der Waals surface area contributed by atoms with Crippen LogP contribution in [0, 0.1) is 0 Å². The lowest BCUT2D eigenvalue weighted by molar-refractivity contribution is -0.115.